The van der Waals surface area contributed by atoms with E-state index in [1.807, 2.05) is 6.92 Å². The number of methoxy groups -OCH3 is 1. The van der Waals surface area contributed by atoms with Gasteiger partial charge in [-0.15, -0.1) is 0 Å². The molecular formula is C14H26O2. The van der Waals surface area contributed by atoms with Crippen molar-refractivity contribution in [2.45, 2.75) is 53.9 Å². The molecule has 0 saturated carbocycles. The van der Waals surface area contributed by atoms with E-state index in [0.29, 0.717) is 0 Å². The Morgan fingerprint density at radius 2 is 1.62 bits per heavy atom. The minimum absolute atomic E-state index is 0.152. The molecule has 0 aliphatic heterocycles. The molecule has 0 aliphatic carbocycles. The third kappa shape index (κ3) is 3.66. The number of rotatable bonds is 7. The Labute approximate surface area is 100 Å². The molecule has 0 fully saturated rings. The van der Waals surface area contributed by atoms with E-state index in [9.17, 15) is 4.79 Å². The van der Waals surface area contributed by atoms with E-state index in [4.69, 9.17) is 4.74 Å². The molecule has 0 aromatic rings. The standard InChI is InChI=1S/C14H26O2/c1-7-11(8-2)13(15)12(9-3)14(16-6)10(4)5/h10-11H,7-9H2,1-6H3/b14-12-. The number of ketones is 1. The highest BCUT2D eigenvalue weighted by Crippen LogP contribution is 2.24. The number of allylic oxidation sites excluding steroid dienone is 2. The summed E-state index contributed by atoms with van der Waals surface area (Å²) >= 11 is 0. The second-order valence-electron chi connectivity index (χ2n) is 4.43. The Bertz CT molecular complexity index is 247. The molecule has 2 heteroatoms. The smallest absolute Gasteiger partial charge is 0.165 e. The van der Waals surface area contributed by atoms with Crippen LogP contribution in [0.2, 0.25) is 0 Å². The summed E-state index contributed by atoms with van der Waals surface area (Å²) < 4.78 is 5.38. The molecule has 0 N–H and O–H groups in total. The van der Waals surface area contributed by atoms with Gasteiger partial charge in [0.1, 0.15) is 5.76 Å². The number of carbonyl (C=O) groups excluding carboxylic acids is 1. The first-order valence-electron chi connectivity index (χ1n) is 6.34. The van der Waals surface area contributed by atoms with Crippen LogP contribution in [-0.4, -0.2) is 12.9 Å². The number of Topliss-reactive ketones (excluding diaryl/α,β-unsaturated/α-hetero) is 1. The molecule has 0 aliphatic rings. The summed E-state index contributed by atoms with van der Waals surface area (Å²) in [6, 6.07) is 0. The number of hydrogen-bond acceptors (Lipinski definition) is 2. The monoisotopic (exact) mass is 226 g/mol. The quantitative estimate of drug-likeness (QED) is 0.485. The Kier molecular flexibility index (Phi) is 7.11. The van der Waals surface area contributed by atoms with Gasteiger partial charge in [0.25, 0.3) is 0 Å². The van der Waals surface area contributed by atoms with Crippen LogP contribution in [-0.2, 0) is 9.53 Å². The van der Waals surface area contributed by atoms with Crippen LogP contribution in [0.4, 0.5) is 0 Å². The van der Waals surface area contributed by atoms with Gasteiger partial charge in [-0.2, -0.15) is 0 Å². The summed E-state index contributed by atoms with van der Waals surface area (Å²) in [4.78, 5) is 12.3. The van der Waals surface area contributed by atoms with E-state index < -0.39 is 0 Å². The van der Waals surface area contributed by atoms with Gasteiger partial charge in [0.05, 0.1) is 7.11 Å². The summed E-state index contributed by atoms with van der Waals surface area (Å²) in [5, 5.41) is 0. The molecule has 0 unspecified atom stereocenters. The molecule has 0 aromatic heterocycles. The summed E-state index contributed by atoms with van der Waals surface area (Å²) in [5.41, 5.74) is 0.881. The Morgan fingerprint density at radius 3 is 1.88 bits per heavy atom. The highest BCUT2D eigenvalue weighted by atomic mass is 16.5. The zero-order valence-corrected chi connectivity index (χ0v) is 11.6. The fourth-order valence-corrected chi connectivity index (χ4v) is 2.08. The van der Waals surface area contributed by atoms with Crippen LogP contribution >= 0.6 is 0 Å². The fourth-order valence-electron chi connectivity index (χ4n) is 2.08. The van der Waals surface area contributed by atoms with Crippen LogP contribution in [0.1, 0.15) is 53.9 Å². The largest absolute Gasteiger partial charge is 0.500 e. The maximum Gasteiger partial charge on any atom is 0.165 e. The molecule has 0 bridgehead atoms. The fraction of sp³-hybridized carbons (Fsp3) is 0.786. The van der Waals surface area contributed by atoms with Gasteiger partial charge in [-0.1, -0.05) is 34.6 Å². The SMILES string of the molecule is CC/C(C(=O)C(CC)CC)=C(/OC)C(C)C. The maximum absolute atomic E-state index is 12.3. The topological polar surface area (TPSA) is 26.3 Å². The zero-order chi connectivity index (χ0) is 12.7. The lowest BCUT2D eigenvalue weighted by Gasteiger charge is -2.19. The van der Waals surface area contributed by atoms with Gasteiger partial charge in [0.15, 0.2) is 5.78 Å². The average molecular weight is 226 g/mol. The Hall–Kier alpha value is -0.790. The average Bonchev–Trinajstić information content (AvgIpc) is 2.26. The van der Waals surface area contributed by atoms with Crippen molar-refractivity contribution >= 4 is 5.78 Å². The van der Waals surface area contributed by atoms with Crippen LogP contribution in [0, 0.1) is 11.8 Å². The van der Waals surface area contributed by atoms with Gasteiger partial charge in [-0.05, 0) is 19.3 Å². The van der Waals surface area contributed by atoms with E-state index >= 15 is 0 Å². The maximum atomic E-state index is 12.3. The van der Waals surface area contributed by atoms with E-state index in [1.54, 1.807) is 7.11 Å². The van der Waals surface area contributed by atoms with E-state index in [-0.39, 0.29) is 17.6 Å². The molecule has 0 saturated heterocycles. The van der Waals surface area contributed by atoms with Gasteiger partial charge in [-0.25, -0.2) is 0 Å². The van der Waals surface area contributed by atoms with Crippen LogP contribution in [0.25, 0.3) is 0 Å². The van der Waals surface area contributed by atoms with Gasteiger partial charge in [0.2, 0.25) is 0 Å². The second-order valence-corrected chi connectivity index (χ2v) is 4.43. The molecule has 0 aromatic carbocycles. The predicted molar refractivity (Wildman–Crippen MR) is 68.2 cm³/mol. The van der Waals surface area contributed by atoms with Crippen molar-refractivity contribution in [3.05, 3.63) is 11.3 Å². The van der Waals surface area contributed by atoms with Crippen molar-refractivity contribution in [1.82, 2.24) is 0 Å². The molecular weight excluding hydrogens is 200 g/mol. The van der Waals surface area contributed by atoms with Gasteiger partial charge in [0, 0.05) is 17.4 Å². The first kappa shape index (κ1) is 15.2. The van der Waals surface area contributed by atoms with Crippen molar-refractivity contribution in [2.75, 3.05) is 7.11 Å². The van der Waals surface area contributed by atoms with Crippen molar-refractivity contribution in [3.63, 3.8) is 0 Å². The highest BCUT2D eigenvalue weighted by molar-refractivity contribution is 5.97. The minimum atomic E-state index is 0.152. The number of ether oxygens (including phenoxy) is 1. The second kappa shape index (κ2) is 7.48. The molecule has 16 heavy (non-hydrogen) atoms. The highest BCUT2D eigenvalue weighted by Gasteiger charge is 2.22. The predicted octanol–water partition coefficient (Wildman–Crippen LogP) is 3.96. The minimum Gasteiger partial charge on any atom is -0.500 e. The lowest BCUT2D eigenvalue weighted by molar-refractivity contribution is -0.119. The molecule has 0 spiro atoms. The molecule has 0 rings (SSSR count). The van der Waals surface area contributed by atoms with Crippen molar-refractivity contribution < 1.29 is 9.53 Å². The molecule has 2 nitrogen and oxygen atoms in total. The summed E-state index contributed by atoms with van der Waals surface area (Å²) in [6.45, 7) is 10.3. The van der Waals surface area contributed by atoms with Crippen LogP contribution in [0.15, 0.2) is 11.3 Å². The Morgan fingerprint density at radius 1 is 1.12 bits per heavy atom. The van der Waals surface area contributed by atoms with Gasteiger partial charge >= 0.3 is 0 Å². The van der Waals surface area contributed by atoms with Gasteiger partial charge in [-0.3, -0.25) is 4.79 Å². The Balaban J connectivity index is 5.17. The summed E-state index contributed by atoms with van der Waals surface area (Å²) in [6.07, 6.45) is 2.58. The number of carbonyl (C=O) groups is 1. The zero-order valence-electron chi connectivity index (χ0n) is 11.6. The molecule has 0 atom stereocenters. The molecule has 0 amide bonds. The number of hydrogen-bond donors (Lipinski definition) is 0. The van der Waals surface area contributed by atoms with Crippen molar-refractivity contribution in [3.8, 4) is 0 Å². The van der Waals surface area contributed by atoms with Gasteiger partial charge < -0.3 is 4.74 Å². The van der Waals surface area contributed by atoms with Crippen LogP contribution < -0.4 is 0 Å². The van der Waals surface area contributed by atoms with E-state index in [2.05, 4.69) is 27.7 Å². The van der Waals surface area contributed by atoms with Crippen molar-refractivity contribution in [1.29, 1.82) is 0 Å². The first-order valence-corrected chi connectivity index (χ1v) is 6.34. The third-order valence-electron chi connectivity index (χ3n) is 3.05. The molecule has 94 valence electrons. The normalized spacial score (nSPS) is 13.0. The summed E-state index contributed by atoms with van der Waals surface area (Å²) in [5.74, 6) is 1.56. The van der Waals surface area contributed by atoms with Crippen LogP contribution in [0.3, 0.4) is 0 Å². The van der Waals surface area contributed by atoms with Crippen molar-refractivity contribution in [2.24, 2.45) is 11.8 Å². The summed E-state index contributed by atoms with van der Waals surface area (Å²) in [7, 11) is 1.66. The third-order valence-corrected chi connectivity index (χ3v) is 3.05. The van der Waals surface area contributed by atoms with E-state index in [1.165, 1.54) is 0 Å². The molecule has 0 radical (unpaired) electrons. The molecule has 0 heterocycles. The van der Waals surface area contributed by atoms with Crippen LogP contribution in [0.5, 0.6) is 0 Å². The van der Waals surface area contributed by atoms with E-state index in [0.717, 1.165) is 30.6 Å². The lowest BCUT2D eigenvalue weighted by atomic mass is 9.89. The first-order chi connectivity index (χ1) is 7.53. The lowest BCUT2D eigenvalue weighted by Crippen LogP contribution is -2.18.